The smallest absolute Gasteiger partial charge is 0.0443 e. The van der Waals surface area contributed by atoms with Crippen LogP contribution < -0.4 is 0 Å². The van der Waals surface area contributed by atoms with Gasteiger partial charge in [0, 0.05) is 0 Å². The van der Waals surface area contributed by atoms with Gasteiger partial charge < -0.3 is 0 Å². The van der Waals surface area contributed by atoms with Crippen molar-refractivity contribution in [1.82, 2.24) is 0 Å². The van der Waals surface area contributed by atoms with Crippen molar-refractivity contribution in [3.63, 3.8) is 0 Å². The molecule has 0 nitrogen and oxygen atoms in total. The van der Waals surface area contributed by atoms with E-state index in [1.165, 1.54) is 161 Å². The summed E-state index contributed by atoms with van der Waals surface area (Å²) in [4.78, 5) is 0. The number of hydrogen-bond donors (Lipinski definition) is 0. The molecule has 0 aliphatic rings. The van der Waals surface area contributed by atoms with Crippen molar-refractivity contribution in [3.8, 4) is 0 Å². The van der Waals surface area contributed by atoms with E-state index in [9.17, 15) is 0 Å². The molecule has 0 aromatic rings. The van der Waals surface area contributed by atoms with Crippen molar-refractivity contribution in [2.24, 2.45) is 17.8 Å². The van der Waals surface area contributed by atoms with Crippen LogP contribution >= 0.6 is 0 Å². The zero-order chi connectivity index (χ0) is 24.4. The monoisotopic (exact) mass is 465 g/mol. The molecule has 0 aliphatic heterocycles. The highest BCUT2D eigenvalue weighted by atomic mass is 14.1. The lowest BCUT2D eigenvalue weighted by atomic mass is 9.93. The summed E-state index contributed by atoms with van der Waals surface area (Å²) in [6, 6.07) is 0. The van der Waals surface area contributed by atoms with Crippen LogP contribution in [0.4, 0.5) is 0 Å². The van der Waals surface area contributed by atoms with Gasteiger partial charge in [-0.2, -0.15) is 0 Å². The highest BCUT2D eigenvalue weighted by Gasteiger charge is 2.05. The highest BCUT2D eigenvalue weighted by Crippen LogP contribution is 2.21. The first-order valence-electron chi connectivity index (χ1n) is 16.1. The minimum atomic E-state index is 0.893. The van der Waals surface area contributed by atoms with Crippen LogP contribution in [0.15, 0.2) is 0 Å². The molecule has 2 atom stereocenters. The minimum absolute atomic E-state index is 0.893. The van der Waals surface area contributed by atoms with Crippen molar-refractivity contribution in [2.75, 3.05) is 0 Å². The molecular formula is C33H68. The molecule has 0 aromatic heterocycles. The Balaban J connectivity index is 3.27. The molecule has 0 aliphatic carbocycles. The van der Waals surface area contributed by atoms with E-state index in [2.05, 4.69) is 34.6 Å². The summed E-state index contributed by atoms with van der Waals surface area (Å²) in [5, 5.41) is 0. The molecule has 0 fully saturated rings. The number of hydrogen-bond acceptors (Lipinski definition) is 0. The molecule has 2 unspecified atom stereocenters. The molecule has 0 spiro atoms. The summed E-state index contributed by atoms with van der Waals surface area (Å²) in [6.45, 7) is 12.0. The Morgan fingerprint density at radius 1 is 0.303 bits per heavy atom. The first-order chi connectivity index (χ1) is 16.1. The first kappa shape index (κ1) is 33.0. The third-order valence-corrected chi connectivity index (χ3v) is 7.92. The van der Waals surface area contributed by atoms with Crippen LogP contribution in [0.3, 0.4) is 0 Å². The van der Waals surface area contributed by atoms with Crippen molar-refractivity contribution in [2.45, 2.75) is 195 Å². The Bertz CT molecular complexity index is 344. The zero-order valence-corrected chi connectivity index (χ0v) is 24.4. The van der Waals surface area contributed by atoms with E-state index < -0.39 is 0 Å². The molecule has 0 heterocycles. The standard InChI is InChI=1S/C33H68/c1-6-7-8-9-10-11-12-15-18-22-27-32(4)29-24-20-25-30-33(5)28-23-19-16-13-14-17-21-26-31(2)3/h31-33H,6-30H2,1-5H3. The van der Waals surface area contributed by atoms with Crippen LogP contribution in [0, 0.1) is 17.8 Å². The maximum absolute atomic E-state index is 2.50. The van der Waals surface area contributed by atoms with Gasteiger partial charge in [-0.1, -0.05) is 195 Å². The van der Waals surface area contributed by atoms with Gasteiger partial charge in [0.05, 0.1) is 0 Å². The van der Waals surface area contributed by atoms with Crippen LogP contribution in [-0.2, 0) is 0 Å². The highest BCUT2D eigenvalue weighted by molar-refractivity contribution is 4.59. The average molecular weight is 465 g/mol. The summed E-state index contributed by atoms with van der Waals surface area (Å²) in [7, 11) is 0. The molecule has 0 rings (SSSR count). The molecule has 0 saturated heterocycles. The van der Waals surface area contributed by atoms with E-state index in [1.807, 2.05) is 0 Å². The van der Waals surface area contributed by atoms with Gasteiger partial charge in [0.15, 0.2) is 0 Å². The molecule has 200 valence electrons. The summed E-state index contributed by atoms with van der Waals surface area (Å²) < 4.78 is 0. The van der Waals surface area contributed by atoms with E-state index in [1.54, 1.807) is 0 Å². The van der Waals surface area contributed by atoms with Gasteiger partial charge in [-0.15, -0.1) is 0 Å². The van der Waals surface area contributed by atoms with Gasteiger partial charge in [-0.05, 0) is 17.8 Å². The lowest BCUT2D eigenvalue weighted by molar-refractivity contribution is 0.407. The van der Waals surface area contributed by atoms with Crippen molar-refractivity contribution in [1.29, 1.82) is 0 Å². The van der Waals surface area contributed by atoms with Gasteiger partial charge >= 0.3 is 0 Å². The fraction of sp³-hybridized carbons (Fsp3) is 1.00. The third-order valence-electron chi connectivity index (χ3n) is 7.92. The summed E-state index contributed by atoms with van der Waals surface area (Å²) in [5.74, 6) is 2.81. The maximum Gasteiger partial charge on any atom is -0.0443 e. The average Bonchev–Trinajstić information content (AvgIpc) is 2.78. The third kappa shape index (κ3) is 28.1. The predicted octanol–water partition coefficient (Wildman–Crippen LogP) is 12.7. The molecule has 0 radical (unpaired) electrons. The Hall–Kier alpha value is 0. The molecule has 0 bridgehead atoms. The van der Waals surface area contributed by atoms with Crippen LogP contribution in [0.5, 0.6) is 0 Å². The Morgan fingerprint density at radius 2 is 0.545 bits per heavy atom. The second kappa shape index (κ2) is 26.6. The lowest BCUT2D eigenvalue weighted by Gasteiger charge is -2.13. The van der Waals surface area contributed by atoms with Gasteiger partial charge in [-0.25, -0.2) is 0 Å². The number of unbranched alkanes of at least 4 members (excludes halogenated alkanes) is 17. The second-order valence-corrected chi connectivity index (χ2v) is 12.3. The van der Waals surface area contributed by atoms with Crippen LogP contribution in [-0.4, -0.2) is 0 Å². The van der Waals surface area contributed by atoms with E-state index in [0.29, 0.717) is 0 Å². The second-order valence-electron chi connectivity index (χ2n) is 12.3. The van der Waals surface area contributed by atoms with E-state index in [0.717, 1.165) is 17.8 Å². The fourth-order valence-corrected chi connectivity index (χ4v) is 5.36. The lowest BCUT2D eigenvalue weighted by Crippen LogP contribution is -1.97. The summed E-state index contributed by atoms with van der Waals surface area (Å²) in [6.07, 6.45) is 36.7. The van der Waals surface area contributed by atoms with Gasteiger partial charge in [-0.3, -0.25) is 0 Å². The van der Waals surface area contributed by atoms with Crippen molar-refractivity contribution in [3.05, 3.63) is 0 Å². The Labute approximate surface area is 212 Å². The minimum Gasteiger partial charge on any atom is -0.0654 e. The van der Waals surface area contributed by atoms with E-state index >= 15 is 0 Å². The fourth-order valence-electron chi connectivity index (χ4n) is 5.36. The van der Waals surface area contributed by atoms with E-state index in [-0.39, 0.29) is 0 Å². The quantitative estimate of drug-likeness (QED) is 0.106. The normalized spacial score (nSPS) is 13.6. The Kier molecular flexibility index (Phi) is 26.6. The predicted molar refractivity (Wildman–Crippen MR) is 154 cm³/mol. The molecule has 0 heteroatoms. The van der Waals surface area contributed by atoms with Crippen LogP contribution in [0.25, 0.3) is 0 Å². The largest absolute Gasteiger partial charge is 0.0654 e. The van der Waals surface area contributed by atoms with Gasteiger partial charge in [0.2, 0.25) is 0 Å². The van der Waals surface area contributed by atoms with Gasteiger partial charge in [0.1, 0.15) is 0 Å². The molecule has 0 aromatic carbocycles. The van der Waals surface area contributed by atoms with Gasteiger partial charge in [0.25, 0.3) is 0 Å². The van der Waals surface area contributed by atoms with Crippen LogP contribution in [0.2, 0.25) is 0 Å². The number of rotatable bonds is 27. The zero-order valence-electron chi connectivity index (χ0n) is 24.4. The maximum atomic E-state index is 2.50. The first-order valence-corrected chi connectivity index (χ1v) is 16.1. The van der Waals surface area contributed by atoms with Crippen molar-refractivity contribution < 1.29 is 0 Å². The molecule has 33 heavy (non-hydrogen) atoms. The molecular weight excluding hydrogens is 396 g/mol. The van der Waals surface area contributed by atoms with E-state index in [4.69, 9.17) is 0 Å². The Morgan fingerprint density at radius 3 is 0.848 bits per heavy atom. The SMILES string of the molecule is CCCCCCCCCCCCC(C)CCCCCC(C)CCCCCCCCCC(C)C. The van der Waals surface area contributed by atoms with Crippen LogP contribution in [0.1, 0.15) is 195 Å². The molecule has 0 N–H and O–H groups in total. The van der Waals surface area contributed by atoms with Crippen molar-refractivity contribution >= 4 is 0 Å². The summed E-state index contributed by atoms with van der Waals surface area (Å²) in [5.41, 5.74) is 0. The topological polar surface area (TPSA) is 0 Å². The molecule has 0 amide bonds. The summed E-state index contributed by atoms with van der Waals surface area (Å²) >= 11 is 0. The molecule has 0 saturated carbocycles.